The molecule has 1 fully saturated rings. The lowest BCUT2D eigenvalue weighted by Crippen LogP contribution is -2.40. The second-order valence-electron chi connectivity index (χ2n) is 5.09. The molecule has 1 N–H and O–H groups in total. The minimum absolute atomic E-state index is 0.742. The summed E-state index contributed by atoms with van der Waals surface area (Å²) in [6.45, 7) is 5.35. The lowest BCUT2D eigenvalue weighted by molar-refractivity contribution is 0.293. The molecule has 1 nitrogen and oxygen atoms in total. The van der Waals surface area contributed by atoms with E-state index in [1.807, 2.05) is 0 Å². The molecule has 0 aliphatic heterocycles. The molecule has 0 aromatic heterocycles. The predicted octanol–water partition coefficient (Wildman–Crippen LogP) is 3.80. The lowest BCUT2D eigenvalue weighted by atomic mass is 9.76. The summed E-state index contributed by atoms with van der Waals surface area (Å²) in [7, 11) is 0. The first-order valence-electron chi connectivity index (χ1n) is 6.70. The molecule has 1 saturated carbocycles. The highest BCUT2D eigenvalue weighted by molar-refractivity contribution is 5.26. The average Bonchev–Trinajstić information content (AvgIpc) is 2.28. The Bertz CT molecular complexity index is 358. The van der Waals surface area contributed by atoms with E-state index in [0.29, 0.717) is 0 Å². The molecule has 0 unspecified atom stereocenters. The van der Waals surface area contributed by atoms with Crippen molar-refractivity contribution in [3.8, 4) is 0 Å². The van der Waals surface area contributed by atoms with E-state index in [2.05, 4.69) is 55.6 Å². The summed E-state index contributed by atoms with van der Waals surface area (Å²) < 4.78 is 0. The Balaban J connectivity index is 1.70. The summed E-state index contributed by atoms with van der Waals surface area (Å²) in [5.74, 6) is 0.787. The lowest BCUT2D eigenvalue weighted by Gasteiger charge is -2.36. The molecule has 17 heavy (non-hydrogen) atoms. The maximum Gasteiger partial charge on any atom is 0.00788 e. The molecule has 0 saturated heterocycles. The first-order chi connectivity index (χ1) is 8.29. The van der Waals surface area contributed by atoms with Gasteiger partial charge in [0, 0.05) is 6.04 Å². The first-order valence-corrected chi connectivity index (χ1v) is 6.70. The Morgan fingerprint density at radius 3 is 2.59 bits per heavy atom. The van der Waals surface area contributed by atoms with Crippen molar-refractivity contribution in [3.05, 3.63) is 47.5 Å². The topological polar surface area (TPSA) is 12.0 Å². The van der Waals surface area contributed by atoms with Crippen molar-refractivity contribution in [1.82, 2.24) is 5.32 Å². The first kappa shape index (κ1) is 12.4. The maximum atomic E-state index is 3.61. The van der Waals surface area contributed by atoms with Crippen LogP contribution in [0.2, 0.25) is 0 Å². The molecular weight excluding hydrogens is 206 g/mol. The normalized spacial score (nSPS) is 23.9. The van der Waals surface area contributed by atoms with Crippen molar-refractivity contribution in [1.29, 1.82) is 0 Å². The third-order valence-corrected chi connectivity index (χ3v) is 3.67. The van der Waals surface area contributed by atoms with E-state index in [4.69, 9.17) is 0 Å². The van der Waals surface area contributed by atoms with E-state index in [-0.39, 0.29) is 0 Å². The van der Waals surface area contributed by atoms with Gasteiger partial charge in [-0.3, -0.25) is 0 Å². The summed E-state index contributed by atoms with van der Waals surface area (Å²) in [5.41, 5.74) is 2.87. The zero-order valence-corrected chi connectivity index (χ0v) is 10.9. The van der Waals surface area contributed by atoms with E-state index in [0.717, 1.165) is 24.9 Å². The molecule has 1 aliphatic rings. The predicted molar refractivity (Wildman–Crippen MR) is 74.4 cm³/mol. The van der Waals surface area contributed by atoms with Crippen LogP contribution in [0.4, 0.5) is 0 Å². The zero-order valence-electron chi connectivity index (χ0n) is 10.9. The summed E-state index contributed by atoms with van der Waals surface area (Å²) in [5, 5.41) is 3.61. The van der Waals surface area contributed by atoms with Crippen molar-refractivity contribution in [3.63, 3.8) is 0 Å². The summed E-state index contributed by atoms with van der Waals surface area (Å²) in [6.07, 6.45) is 8.11. The van der Waals surface area contributed by atoms with Crippen molar-refractivity contribution < 1.29 is 0 Å². The van der Waals surface area contributed by atoms with Gasteiger partial charge in [0.1, 0.15) is 0 Å². The second-order valence-corrected chi connectivity index (χ2v) is 5.09. The SMILES string of the molecule is C/C=C/CCNC1CC(c2ccc(C)cc2)C1. The highest BCUT2D eigenvalue weighted by Crippen LogP contribution is 2.36. The Hall–Kier alpha value is -1.08. The number of hydrogen-bond acceptors (Lipinski definition) is 1. The summed E-state index contributed by atoms with van der Waals surface area (Å²) >= 11 is 0. The molecule has 1 aliphatic carbocycles. The molecular formula is C16H23N. The van der Waals surface area contributed by atoms with Crippen LogP contribution in [-0.4, -0.2) is 12.6 Å². The number of rotatable bonds is 5. The fourth-order valence-electron chi connectivity index (χ4n) is 2.43. The van der Waals surface area contributed by atoms with Crippen LogP contribution in [0.25, 0.3) is 0 Å². The van der Waals surface area contributed by atoms with Gasteiger partial charge >= 0.3 is 0 Å². The van der Waals surface area contributed by atoms with Crippen LogP contribution < -0.4 is 5.32 Å². The van der Waals surface area contributed by atoms with Gasteiger partial charge in [0.2, 0.25) is 0 Å². The Labute approximate surface area is 105 Å². The molecule has 0 bridgehead atoms. The van der Waals surface area contributed by atoms with E-state index >= 15 is 0 Å². The fraction of sp³-hybridized carbons (Fsp3) is 0.500. The van der Waals surface area contributed by atoms with Gasteiger partial charge in [-0.05, 0) is 51.1 Å². The molecule has 1 aromatic carbocycles. The van der Waals surface area contributed by atoms with Gasteiger partial charge in [0.05, 0.1) is 0 Å². The molecule has 0 atom stereocenters. The number of aryl methyl sites for hydroxylation is 1. The monoisotopic (exact) mass is 229 g/mol. The number of hydrogen-bond donors (Lipinski definition) is 1. The van der Waals surface area contributed by atoms with Crippen LogP contribution >= 0.6 is 0 Å². The van der Waals surface area contributed by atoms with Gasteiger partial charge in [-0.15, -0.1) is 0 Å². The van der Waals surface area contributed by atoms with Crippen molar-refractivity contribution in [2.45, 2.75) is 45.1 Å². The molecule has 0 amide bonds. The maximum absolute atomic E-state index is 3.61. The molecule has 1 aromatic rings. The molecule has 0 spiro atoms. The quantitative estimate of drug-likeness (QED) is 0.598. The minimum atomic E-state index is 0.742. The summed E-state index contributed by atoms with van der Waals surface area (Å²) in [4.78, 5) is 0. The number of allylic oxidation sites excluding steroid dienone is 1. The minimum Gasteiger partial charge on any atom is -0.314 e. The molecule has 92 valence electrons. The standard InChI is InChI=1S/C16H23N/c1-3-4-5-10-17-16-11-15(12-16)14-8-6-13(2)7-9-14/h3-4,6-9,15-17H,5,10-12H2,1-2H3/b4-3+. The highest BCUT2D eigenvalue weighted by atomic mass is 14.9. The van der Waals surface area contributed by atoms with E-state index in [9.17, 15) is 0 Å². The Kier molecular flexibility index (Phi) is 4.38. The Morgan fingerprint density at radius 1 is 1.24 bits per heavy atom. The molecule has 0 radical (unpaired) electrons. The number of benzene rings is 1. The van der Waals surface area contributed by atoms with Crippen LogP contribution in [0.3, 0.4) is 0 Å². The largest absolute Gasteiger partial charge is 0.314 e. The molecule has 2 rings (SSSR count). The molecule has 1 heteroatoms. The van der Waals surface area contributed by atoms with Crippen molar-refractivity contribution in [2.75, 3.05) is 6.54 Å². The van der Waals surface area contributed by atoms with Gasteiger partial charge < -0.3 is 5.32 Å². The summed E-state index contributed by atoms with van der Waals surface area (Å²) in [6, 6.07) is 9.77. The van der Waals surface area contributed by atoms with Gasteiger partial charge in [-0.1, -0.05) is 42.0 Å². The van der Waals surface area contributed by atoms with Crippen LogP contribution in [0.1, 0.15) is 43.2 Å². The second kappa shape index (κ2) is 6.02. The number of nitrogens with one attached hydrogen (secondary N) is 1. The third-order valence-electron chi connectivity index (χ3n) is 3.67. The molecule has 0 heterocycles. The average molecular weight is 229 g/mol. The van der Waals surface area contributed by atoms with Gasteiger partial charge in [-0.2, -0.15) is 0 Å². The van der Waals surface area contributed by atoms with Crippen LogP contribution in [0.5, 0.6) is 0 Å². The highest BCUT2D eigenvalue weighted by Gasteiger charge is 2.29. The van der Waals surface area contributed by atoms with E-state index < -0.39 is 0 Å². The van der Waals surface area contributed by atoms with Crippen LogP contribution in [0.15, 0.2) is 36.4 Å². The van der Waals surface area contributed by atoms with E-state index in [1.54, 1.807) is 0 Å². The zero-order chi connectivity index (χ0) is 12.1. The van der Waals surface area contributed by atoms with Gasteiger partial charge in [0.15, 0.2) is 0 Å². The Morgan fingerprint density at radius 2 is 1.94 bits per heavy atom. The van der Waals surface area contributed by atoms with Gasteiger partial charge in [0.25, 0.3) is 0 Å². The van der Waals surface area contributed by atoms with Crippen molar-refractivity contribution >= 4 is 0 Å². The van der Waals surface area contributed by atoms with Crippen molar-refractivity contribution in [2.24, 2.45) is 0 Å². The van der Waals surface area contributed by atoms with Crippen LogP contribution in [0, 0.1) is 6.92 Å². The smallest absolute Gasteiger partial charge is 0.00788 e. The fourth-order valence-corrected chi connectivity index (χ4v) is 2.43. The van der Waals surface area contributed by atoms with Crippen LogP contribution in [-0.2, 0) is 0 Å². The third kappa shape index (κ3) is 3.44. The van der Waals surface area contributed by atoms with E-state index in [1.165, 1.54) is 24.0 Å². The van der Waals surface area contributed by atoms with Gasteiger partial charge in [-0.25, -0.2) is 0 Å².